The lowest BCUT2D eigenvalue weighted by atomic mass is 10.3. The number of rotatable bonds is 6. The highest BCUT2D eigenvalue weighted by Gasteiger charge is 2.10. The Kier molecular flexibility index (Phi) is 4.49. The SMILES string of the molecule is CCNc1cc(C(=O)O)nc(COc2ccccc2)n1. The minimum absolute atomic E-state index is 0.0531. The van der Waals surface area contributed by atoms with Crippen LogP contribution in [0.1, 0.15) is 23.2 Å². The summed E-state index contributed by atoms with van der Waals surface area (Å²) in [6.07, 6.45) is 0. The second kappa shape index (κ2) is 6.51. The van der Waals surface area contributed by atoms with Gasteiger partial charge in [0.15, 0.2) is 11.5 Å². The van der Waals surface area contributed by atoms with Gasteiger partial charge in [0.05, 0.1) is 0 Å². The third kappa shape index (κ3) is 3.68. The van der Waals surface area contributed by atoms with Gasteiger partial charge in [-0.3, -0.25) is 0 Å². The zero-order valence-electron chi connectivity index (χ0n) is 11.0. The topological polar surface area (TPSA) is 84.3 Å². The number of nitrogens with zero attached hydrogens (tertiary/aromatic N) is 2. The molecule has 0 radical (unpaired) electrons. The minimum atomic E-state index is -1.09. The number of nitrogens with one attached hydrogen (secondary N) is 1. The van der Waals surface area contributed by atoms with Crippen LogP contribution in [0.2, 0.25) is 0 Å². The number of carboxylic acids is 1. The first-order valence-corrected chi connectivity index (χ1v) is 6.22. The van der Waals surface area contributed by atoms with Gasteiger partial charge in [-0.2, -0.15) is 0 Å². The Bertz CT molecular complexity index is 587. The standard InChI is InChI=1S/C14H15N3O3/c1-2-15-12-8-11(14(18)19)16-13(17-12)9-20-10-6-4-3-5-7-10/h3-8H,2,9H2,1H3,(H,18,19)(H,15,16,17). The van der Waals surface area contributed by atoms with Gasteiger partial charge in [-0.05, 0) is 19.1 Å². The monoisotopic (exact) mass is 273 g/mol. The summed E-state index contributed by atoms with van der Waals surface area (Å²) in [5.41, 5.74) is -0.0531. The molecule has 0 saturated carbocycles. The number of aromatic carboxylic acids is 1. The van der Waals surface area contributed by atoms with E-state index in [1.807, 2.05) is 37.3 Å². The Morgan fingerprint density at radius 2 is 2.05 bits per heavy atom. The summed E-state index contributed by atoms with van der Waals surface area (Å²) in [7, 11) is 0. The fraction of sp³-hybridized carbons (Fsp3) is 0.214. The van der Waals surface area contributed by atoms with Gasteiger partial charge in [0.1, 0.15) is 18.2 Å². The lowest BCUT2D eigenvalue weighted by molar-refractivity contribution is 0.0689. The molecule has 20 heavy (non-hydrogen) atoms. The molecule has 1 aromatic carbocycles. The third-order valence-electron chi connectivity index (χ3n) is 2.46. The fourth-order valence-electron chi connectivity index (χ4n) is 1.61. The molecule has 0 aliphatic heterocycles. The number of carbonyl (C=O) groups is 1. The van der Waals surface area contributed by atoms with Crippen LogP contribution >= 0.6 is 0 Å². The third-order valence-corrected chi connectivity index (χ3v) is 2.46. The molecule has 1 aromatic heterocycles. The smallest absolute Gasteiger partial charge is 0.354 e. The molecular formula is C14H15N3O3. The van der Waals surface area contributed by atoms with Crippen LogP contribution in [-0.4, -0.2) is 27.6 Å². The summed E-state index contributed by atoms with van der Waals surface area (Å²) >= 11 is 0. The van der Waals surface area contributed by atoms with Crippen molar-refractivity contribution in [3.63, 3.8) is 0 Å². The molecular weight excluding hydrogens is 258 g/mol. The summed E-state index contributed by atoms with van der Waals surface area (Å²) in [4.78, 5) is 19.2. The van der Waals surface area contributed by atoms with Crippen LogP contribution in [0.5, 0.6) is 5.75 Å². The maximum atomic E-state index is 11.0. The molecule has 0 atom stereocenters. The van der Waals surface area contributed by atoms with Crippen molar-refractivity contribution in [1.29, 1.82) is 0 Å². The van der Waals surface area contributed by atoms with Gasteiger partial charge in [-0.1, -0.05) is 18.2 Å². The van der Waals surface area contributed by atoms with Crippen LogP contribution in [-0.2, 0) is 6.61 Å². The van der Waals surface area contributed by atoms with Crippen molar-refractivity contribution in [3.05, 3.63) is 47.9 Å². The van der Waals surface area contributed by atoms with E-state index in [-0.39, 0.29) is 12.3 Å². The summed E-state index contributed by atoms with van der Waals surface area (Å²) in [6.45, 7) is 2.67. The number of benzene rings is 1. The molecule has 6 heteroatoms. The first kappa shape index (κ1) is 13.8. The van der Waals surface area contributed by atoms with E-state index < -0.39 is 5.97 Å². The number of para-hydroxylation sites is 1. The van der Waals surface area contributed by atoms with Gasteiger partial charge in [-0.25, -0.2) is 14.8 Å². The van der Waals surface area contributed by atoms with Gasteiger partial charge in [-0.15, -0.1) is 0 Å². The van der Waals surface area contributed by atoms with E-state index in [9.17, 15) is 4.79 Å². The van der Waals surface area contributed by atoms with Gasteiger partial charge < -0.3 is 15.2 Å². The molecule has 0 fully saturated rings. The molecule has 2 N–H and O–H groups in total. The van der Waals surface area contributed by atoms with Crippen LogP contribution < -0.4 is 10.1 Å². The van der Waals surface area contributed by atoms with Crippen LogP contribution in [0.25, 0.3) is 0 Å². The van der Waals surface area contributed by atoms with Gasteiger partial charge >= 0.3 is 5.97 Å². The first-order valence-electron chi connectivity index (χ1n) is 6.22. The molecule has 104 valence electrons. The van der Waals surface area contributed by atoms with E-state index in [1.165, 1.54) is 6.07 Å². The second-order valence-electron chi connectivity index (χ2n) is 3.99. The summed E-state index contributed by atoms with van der Waals surface area (Å²) < 4.78 is 5.51. The van der Waals surface area contributed by atoms with Crippen LogP contribution in [0.4, 0.5) is 5.82 Å². The highest BCUT2D eigenvalue weighted by atomic mass is 16.5. The molecule has 1 heterocycles. The van der Waals surface area contributed by atoms with Crippen LogP contribution in [0.3, 0.4) is 0 Å². The largest absolute Gasteiger partial charge is 0.486 e. The number of anilines is 1. The van der Waals surface area contributed by atoms with Crippen molar-refractivity contribution in [2.45, 2.75) is 13.5 Å². The van der Waals surface area contributed by atoms with Crippen LogP contribution in [0, 0.1) is 0 Å². The van der Waals surface area contributed by atoms with E-state index in [4.69, 9.17) is 9.84 Å². The maximum absolute atomic E-state index is 11.0. The molecule has 0 amide bonds. The zero-order valence-corrected chi connectivity index (χ0v) is 11.0. The highest BCUT2D eigenvalue weighted by molar-refractivity contribution is 5.86. The summed E-state index contributed by atoms with van der Waals surface area (Å²) in [6, 6.07) is 10.6. The van der Waals surface area contributed by atoms with Crippen molar-refractivity contribution < 1.29 is 14.6 Å². The van der Waals surface area contributed by atoms with Crippen molar-refractivity contribution >= 4 is 11.8 Å². The van der Waals surface area contributed by atoms with Crippen LogP contribution in [0.15, 0.2) is 36.4 Å². The van der Waals surface area contributed by atoms with Crippen molar-refractivity contribution in [2.24, 2.45) is 0 Å². The highest BCUT2D eigenvalue weighted by Crippen LogP contribution is 2.12. The van der Waals surface area contributed by atoms with E-state index in [1.54, 1.807) is 0 Å². The van der Waals surface area contributed by atoms with E-state index in [2.05, 4.69) is 15.3 Å². The number of ether oxygens (including phenoxy) is 1. The number of hydrogen-bond donors (Lipinski definition) is 2. The first-order chi connectivity index (χ1) is 9.69. The molecule has 2 aromatic rings. The predicted molar refractivity (Wildman–Crippen MR) is 73.9 cm³/mol. The van der Waals surface area contributed by atoms with Crippen molar-refractivity contribution in [2.75, 3.05) is 11.9 Å². The lowest BCUT2D eigenvalue weighted by Crippen LogP contribution is -2.11. The van der Waals surface area contributed by atoms with E-state index in [0.717, 1.165) is 0 Å². The average Bonchev–Trinajstić information content (AvgIpc) is 2.46. The summed E-state index contributed by atoms with van der Waals surface area (Å²) in [5.74, 6) is 0.394. The Labute approximate surface area is 116 Å². The average molecular weight is 273 g/mol. The normalized spacial score (nSPS) is 10.1. The number of hydrogen-bond acceptors (Lipinski definition) is 5. The Balaban J connectivity index is 2.15. The summed E-state index contributed by atoms with van der Waals surface area (Å²) in [5, 5.41) is 12.0. The van der Waals surface area contributed by atoms with Crippen molar-refractivity contribution in [1.82, 2.24) is 9.97 Å². The van der Waals surface area contributed by atoms with Gasteiger partial charge in [0.25, 0.3) is 0 Å². The quantitative estimate of drug-likeness (QED) is 0.839. The molecule has 0 bridgehead atoms. The molecule has 0 aliphatic rings. The number of aromatic nitrogens is 2. The zero-order chi connectivity index (χ0) is 14.4. The molecule has 0 aliphatic carbocycles. The predicted octanol–water partition coefficient (Wildman–Crippen LogP) is 2.19. The number of carboxylic acid groups (broad SMARTS) is 1. The van der Waals surface area contributed by atoms with Gasteiger partial charge in [0.2, 0.25) is 0 Å². The molecule has 0 spiro atoms. The molecule has 6 nitrogen and oxygen atoms in total. The second-order valence-corrected chi connectivity index (χ2v) is 3.99. The Morgan fingerprint density at radius 1 is 1.30 bits per heavy atom. The van der Waals surface area contributed by atoms with E-state index in [0.29, 0.717) is 23.9 Å². The minimum Gasteiger partial charge on any atom is -0.486 e. The Hall–Kier alpha value is -2.63. The lowest BCUT2D eigenvalue weighted by Gasteiger charge is -2.08. The molecule has 0 saturated heterocycles. The molecule has 0 unspecified atom stereocenters. The molecule has 2 rings (SSSR count). The van der Waals surface area contributed by atoms with E-state index >= 15 is 0 Å². The van der Waals surface area contributed by atoms with Gasteiger partial charge in [0, 0.05) is 12.6 Å². The maximum Gasteiger partial charge on any atom is 0.354 e. The van der Waals surface area contributed by atoms with Crippen molar-refractivity contribution in [3.8, 4) is 5.75 Å². The Morgan fingerprint density at radius 3 is 2.70 bits per heavy atom. The fourth-order valence-corrected chi connectivity index (χ4v) is 1.61.